The van der Waals surface area contributed by atoms with Gasteiger partial charge in [-0.05, 0) is 55.1 Å². The minimum atomic E-state index is -3.69. The Morgan fingerprint density at radius 1 is 0.906 bits per heavy atom. The van der Waals surface area contributed by atoms with E-state index < -0.39 is 10.0 Å². The van der Waals surface area contributed by atoms with Gasteiger partial charge in [0, 0.05) is 50.0 Å². The zero-order valence-corrected chi connectivity index (χ0v) is 19.3. The predicted octanol–water partition coefficient (Wildman–Crippen LogP) is 4.37. The van der Waals surface area contributed by atoms with E-state index in [0.29, 0.717) is 5.69 Å². The summed E-state index contributed by atoms with van der Waals surface area (Å²) in [6, 6.07) is 18.8. The van der Waals surface area contributed by atoms with Crippen LogP contribution >= 0.6 is 0 Å². The summed E-state index contributed by atoms with van der Waals surface area (Å²) in [6.45, 7) is 6.97. The van der Waals surface area contributed by atoms with Crippen LogP contribution in [-0.4, -0.2) is 51.1 Å². The van der Waals surface area contributed by atoms with Crippen LogP contribution in [0.4, 0.5) is 11.4 Å². The van der Waals surface area contributed by atoms with Gasteiger partial charge in [0.05, 0.1) is 16.1 Å². The lowest BCUT2D eigenvalue weighted by molar-refractivity contribution is 0.313. The maximum atomic E-state index is 13.1. The Labute approximate surface area is 189 Å². The molecule has 1 fully saturated rings. The molecule has 0 unspecified atom stereocenters. The van der Waals surface area contributed by atoms with Crippen LogP contribution in [0, 0.1) is 0 Å². The molecular weight excluding hydrogens is 420 g/mol. The van der Waals surface area contributed by atoms with Gasteiger partial charge < -0.3 is 14.4 Å². The van der Waals surface area contributed by atoms with Gasteiger partial charge in [0.2, 0.25) is 0 Å². The first kappa shape index (κ1) is 20.8. The fourth-order valence-corrected chi connectivity index (χ4v) is 5.54. The van der Waals surface area contributed by atoms with Crippen LogP contribution in [0.15, 0.2) is 71.8 Å². The number of benzene rings is 3. The van der Waals surface area contributed by atoms with Crippen LogP contribution in [0.25, 0.3) is 21.7 Å². The third-order valence-corrected chi connectivity index (χ3v) is 7.71. The fourth-order valence-electron chi connectivity index (χ4n) is 4.45. The quantitative estimate of drug-likeness (QED) is 0.493. The molecule has 0 radical (unpaired) electrons. The van der Waals surface area contributed by atoms with E-state index in [2.05, 4.69) is 39.3 Å². The minimum absolute atomic E-state index is 0.265. The molecule has 3 aromatic carbocycles. The smallest absolute Gasteiger partial charge is 0.261 e. The van der Waals surface area contributed by atoms with Crippen molar-refractivity contribution >= 4 is 43.1 Å². The first-order chi connectivity index (χ1) is 15.4. The lowest BCUT2D eigenvalue weighted by Crippen LogP contribution is -2.44. The van der Waals surface area contributed by atoms with Crippen molar-refractivity contribution in [1.82, 2.24) is 9.47 Å². The van der Waals surface area contributed by atoms with Crippen LogP contribution < -0.4 is 9.62 Å². The zero-order valence-electron chi connectivity index (χ0n) is 18.5. The zero-order chi connectivity index (χ0) is 22.3. The Kier molecular flexibility index (Phi) is 5.31. The summed E-state index contributed by atoms with van der Waals surface area (Å²) < 4.78 is 31.3. The summed E-state index contributed by atoms with van der Waals surface area (Å²) in [5, 5.41) is 3.00. The van der Waals surface area contributed by atoms with Gasteiger partial charge in [0.25, 0.3) is 10.0 Å². The van der Waals surface area contributed by atoms with Crippen molar-refractivity contribution in [2.45, 2.75) is 18.4 Å². The van der Waals surface area contributed by atoms with Crippen molar-refractivity contribution in [2.75, 3.05) is 42.8 Å². The number of rotatable bonds is 5. The van der Waals surface area contributed by atoms with Crippen molar-refractivity contribution in [1.29, 1.82) is 0 Å². The van der Waals surface area contributed by atoms with E-state index in [1.54, 1.807) is 12.1 Å². The number of hydrogen-bond donors (Lipinski definition) is 1. The second-order valence-electron chi connectivity index (χ2n) is 8.44. The summed E-state index contributed by atoms with van der Waals surface area (Å²) in [4.78, 5) is 5.00. The molecule has 2 heterocycles. The summed E-state index contributed by atoms with van der Waals surface area (Å²) in [5.74, 6) is 0. The number of likely N-dealkylation sites (N-methyl/N-ethyl adjacent to an activating group) is 1. The second kappa shape index (κ2) is 8.15. The first-order valence-electron chi connectivity index (χ1n) is 11.0. The first-order valence-corrected chi connectivity index (χ1v) is 12.5. The highest BCUT2D eigenvalue weighted by Gasteiger charge is 2.20. The summed E-state index contributed by atoms with van der Waals surface area (Å²) >= 11 is 0. The van der Waals surface area contributed by atoms with E-state index in [4.69, 9.17) is 0 Å². The third kappa shape index (κ3) is 3.82. The van der Waals surface area contributed by atoms with Gasteiger partial charge in [0.15, 0.2) is 0 Å². The van der Waals surface area contributed by atoms with E-state index in [1.165, 1.54) is 5.69 Å². The normalized spacial score (nSPS) is 15.5. The van der Waals surface area contributed by atoms with E-state index in [9.17, 15) is 8.42 Å². The molecule has 0 aliphatic carbocycles. The maximum absolute atomic E-state index is 13.1. The molecule has 5 rings (SSSR count). The highest BCUT2D eigenvalue weighted by atomic mass is 32.2. The number of sulfonamides is 1. The highest BCUT2D eigenvalue weighted by Crippen LogP contribution is 2.33. The average molecular weight is 449 g/mol. The molecule has 7 heteroatoms. The van der Waals surface area contributed by atoms with E-state index in [1.807, 2.05) is 48.5 Å². The number of fused-ring (bicyclic) bond motifs is 2. The molecular formula is C25H28N4O2S. The fraction of sp³-hybridized carbons (Fsp3) is 0.280. The summed E-state index contributed by atoms with van der Waals surface area (Å²) in [5.41, 5.74) is 2.87. The number of piperazine rings is 1. The molecule has 1 aromatic heterocycles. The van der Waals surface area contributed by atoms with Crippen LogP contribution in [0.2, 0.25) is 0 Å². The van der Waals surface area contributed by atoms with Gasteiger partial charge in [-0.15, -0.1) is 0 Å². The summed E-state index contributed by atoms with van der Waals surface area (Å²) in [6.07, 6.45) is 2.19. The lowest BCUT2D eigenvalue weighted by atomic mass is 10.1. The van der Waals surface area contributed by atoms with Gasteiger partial charge in [-0.2, -0.15) is 0 Å². The topological polar surface area (TPSA) is 57.6 Å². The number of hydrogen-bond acceptors (Lipinski definition) is 4. The molecule has 4 aromatic rings. The molecule has 0 bridgehead atoms. The summed E-state index contributed by atoms with van der Waals surface area (Å²) in [7, 11) is -1.55. The molecule has 0 saturated carbocycles. The SMILES string of the molecule is CCn1cc(N2CCN(C)CC2)c2cc(NS(=O)(=O)c3ccc4ccccc4c3)ccc21. The monoisotopic (exact) mass is 448 g/mol. The molecule has 0 spiro atoms. The lowest BCUT2D eigenvalue weighted by Gasteiger charge is -2.33. The molecule has 1 aliphatic heterocycles. The van der Waals surface area contributed by atoms with Crippen molar-refractivity contribution in [2.24, 2.45) is 0 Å². The third-order valence-electron chi connectivity index (χ3n) is 6.33. The van der Waals surface area contributed by atoms with Crippen molar-refractivity contribution in [3.8, 4) is 0 Å². The Hall–Kier alpha value is -3.03. The molecule has 1 saturated heterocycles. The minimum Gasteiger partial charge on any atom is -0.367 e. The molecule has 0 atom stereocenters. The second-order valence-corrected chi connectivity index (χ2v) is 10.1. The van der Waals surface area contributed by atoms with Crippen LogP contribution in [0.5, 0.6) is 0 Å². The Morgan fingerprint density at radius 2 is 1.66 bits per heavy atom. The standard InChI is InChI=1S/C25H28N4O2S/c1-3-28-18-25(29-14-12-27(2)13-15-29)23-17-21(9-11-24(23)28)26-32(30,31)22-10-8-19-6-4-5-7-20(19)16-22/h4-11,16-18,26H,3,12-15H2,1-2H3. The van der Waals surface area contributed by atoms with Crippen molar-refractivity contribution in [3.05, 3.63) is 66.9 Å². The van der Waals surface area contributed by atoms with Crippen molar-refractivity contribution < 1.29 is 8.42 Å². The molecule has 0 amide bonds. The number of aromatic nitrogens is 1. The van der Waals surface area contributed by atoms with E-state index in [-0.39, 0.29) is 4.90 Å². The van der Waals surface area contributed by atoms with Crippen LogP contribution in [0.3, 0.4) is 0 Å². The van der Waals surface area contributed by atoms with Crippen molar-refractivity contribution in [3.63, 3.8) is 0 Å². The molecule has 1 N–H and O–H groups in total. The molecule has 6 nitrogen and oxygen atoms in total. The Bertz CT molecular complexity index is 1390. The molecule has 32 heavy (non-hydrogen) atoms. The van der Waals surface area contributed by atoms with Gasteiger partial charge >= 0.3 is 0 Å². The average Bonchev–Trinajstić information content (AvgIpc) is 3.17. The largest absolute Gasteiger partial charge is 0.367 e. The van der Waals surface area contributed by atoms with Gasteiger partial charge in [0.1, 0.15) is 0 Å². The Balaban J connectivity index is 1.50. The number of nitrogens with zero attached hydrogens (tertiary/aromatic N) is 3. The van der Waals surface area contributed by atoms with Gasteiger partial charge in [-0.1, -0.05) is 30.3 Å². The van der Waals surface area contributed by atoms with E-state index >= 15 is 0 Å². The number of aryl methyl sites for hydroxylation is 1. The Morgan fingerprint density at radius 3 is 2.41 bits per heavy atom. The van der Waals surface area contributed by atoms with Crippen LogP contribution in [0.1, 0.15) is 6.92 Å². The maximum Gasteiger partial charge on any atom is 0.261 e. The van der Waals surface area contributed by atoms with Gasteiger partial charge in [-0.25, -0.2) is 8.42 Å². The molecule has 166 valence electrons. The van der Waals surface area contributed by atoms with Crippen LogP contribution in [-0.2, 0) is 16.6 Å². The number of anilines is 2. The highest BCUT2D eigenvalue weighted by molar-refractivity contribution is 7.92. The molecule has 1 aliphatic rings. The predicted molar refractivity (Wildman–Crippen MR) is 132 cm³/mol. The van der Waals surface area contributed by atoms with E-state index in [0.717, 1.165) is 54.4 Å². The van der Waals surface area contributed by atoms with Gasteiger partial charge in [-0.3, -0.25) is 4.72 Å². The number of nitrogens with one attached hydrogen (secondary N) is 1.